The Labute approximate surface area is 53.7 Å². The SMILES string of the molecule is CP(=O)(O)CCl.Cl. The topological polar surface area (TPSA) is 37.3 Å². The first-order valence-electron chi connectivity index (χ1n) is 1.41. The van der Waals surface area contributed by atoms with Gasteiger partial charge in [-0.25, -0.2) is 0 Å². The van der Waals surface area contributed by atoms with Crippen LogP contribution in [0.5, 0.6) is 0 Å². The number of alkyl halides is 1. The van der Waals surface area contributed by atoms with Crippen molar-refractivity contribution in [1.29, 1.82) is 0 Å². The first-order valence-corrected chi connectivity index (χ1v) is 4.24. The standard InChI is InChI=1S/C2H6ClO2P.ClH/c1-6(4,5)2-3;/h2H2,1H3,(H,4,5);1H. The molecule has 1 N–H and O–H groups in total. The molecule has 0 aromatic heterocycles. The van der Waals surface area contributed by atoms with Gasteiger partial charge >= 0.3 is 0 Å². The van der Waals surface area contributed by atoms with Gasteiger partial charge in [-0.15, -0.1) is 24.0 Å². The Morgan fingerprint density at radius 3 is 2.00 bits per heavy atom. The van der Waals surface area contributed by atoms with Gasteiger partial charge in [-0.3, -0.25) is 4.57 Å². The summed E-state index contributed by atoms with van der Waals surface area (Å²) in [6.45, 7) is 1.22. The lowest BCUT2D eigenvalue weighted by molar-refractivity contribution is 0.490. The monoisotopic (exact) mass is 164 g/mol. The Morgan fingerprint density at radius 1 is 1.86 bits per heavy atom. The zero-order chi connectivity index (χ0) is 5.21. The van der Waals surface area contributed by atoms with E-state index >= 15 is 0 Å². The Hall–Kier alpha value is 0.770. The van der Waals surface area contributed by atoms with Gasteiger partial charge in [0.15, 0.2) is 0 Å². The fourth-order valence-corrected chi connectivity index (χ4v) is 0. The molecule has 46 valence electrons. The number of hydrogen-bond donors (Lipinski definition) is 1. The second kappa shape index (κ2) is 3.73. The zero-order valence-electron chi connectivity index (χ0n) is 3.80. The zero-order valence-corrected chi connectivity index (χ0v) is 6.26. The molecule has 0 radical (unpaired) electrons. The third-order valence-corrected chi connectivity index (χ3v) is 2.00. The van der Waals surface area contributed by atoms with Crippen LogP contribution in [-0.2, 0) is 4.57 Å². The summed E-state index contributed by atoms with van der Waals surface area (Å²) in [5.41, 5.74) is -0.146. The third-order valence-electron chi connectivity index (χ3n) is 0.222. The van der Waals surface area contributed by atoms with Gasteiger partial charge in [-0.2, -0.15) is 0 Å². The predicted molar refractivity (Wildman–Crippen MR) is 33.7 cm³/mol. The van der Waals surface area contributed by atoms with E-state index in [0.29, 0.717) is 0 Å². The van der Waals surface area contributed by atoms with Crippen LogP contribution in [-0.4, -0.2) is 17.2 Å². The molecule has 0 aliphatic heterocycles. The van der Waals surface area contributed by atoms with Gasteiger partial charge in [0.05, 0.1) is 5.62 Å². The highest BCUT2D eigenvalue weighted by atomic mass is 35.5. The molecule has 1 unspecified atom stereocenters. The minimum Gasteiger partial charge on any atom is -0.344 e. The van der Waals surface area contributed by atoms with E-state index in [0.717, 1.165) is 0 Å². The maximum atomic E-state index is 10.0. The summed E-state index contributed by atoms with van der Waals surface area (Å²) < 4.78 is 10.0. The summed E-state index contributed by atoms with van der Waals surface area (Å²) in [5, 5.41) is 0. The maximum Gasteiger partial charge on any atom is 0.211 e. The van der Waals surface area contributed by atoms with Crippen molar-refractivity contribution >= 4 is 31.4 Å². The second-order valence-corrected chi connectivity index (χ2v) is 4.23. The molecule has 0 fully saturated rings. The molecule has 0 heterocycles. The molecular formula is C2H7Cl2O2P. The minimum atomic E-state index is -2.88. The van der Waals surface area contributed by atoms with Crippen LogP contribution in [0, 0.1) is 0 Å². The van der Waals surface area contributed by atoms with Gasteiger partial charge in [-0.1, -0.05) is 0 Å². The Bertz CT molecular complexity index is 77.8. The van der Waals surface area contributed by atoms with E-state index in [9.17, 15) is 4.57 Å². The van der Waals surface area contributed by atoms with Crippen molar-refractivity contribution in [3.05, 3.63) is 0 Å². The Balaban J connectivity index is 0. The van der Waals surface area contributed by atoms with Gasteiger partial charge in [0, 0.05) is 6.66 Å². The van der Waals surface area contributed by atoms with Gasteiger partial charge in [-0.05, 0) is 0 Å². The van der Waals surface area contributed by atoms with Crippen LogP contribution >= 0.6 is 31.4 Å². The molecule has 0 aromatic rings. The number of hydrogen-bond acceptors (Lipinski definition) is 1. The van der Waals surface area contributed by atoms with Gasteiger partial charge in [0.2, 0.25) is 7.37 Å². The summed E-state index contributed by atoms with van der Waals surface area (Å²) in [6.07, 6.45) is 0. The van der Waals surface area contributed by atoms with Crippen LogP contribution in [0.25, 0.3) is 0 Å². The van der Waals surface area contributed by atoms with E-state index in [-0.39, 0.29) is 18.0 Å². The van der Waals surface area contributed by atoms with Gasteiger partial charge in [0.25, 0.3) is 0 Å². The quantitative estimate of drug-likeness (QED) is 0.472. The molecule has 7 heavy (non-hydrogen) atoms. The molecule has 0 rings (SSSR count). The van der Waals surface area contributed by atoms with Crippen molar-refractivity contribution in [2.24, 2.45) is 0 Å². The van der Waals surface area contributed by atoms with E-state index in [1.165, 1.54) is 6.66 Å². The lowest BCUT2D eigenvalue weighted by Gasteiger charge is -1.92. The van der Waals surface area contributed by atoms with Gasteiger partial charge < -0.3 is 4.89 Å². The predicted octanol–water partition coefficient (Wildman–Crippen LogP) is 1.50. The van der Waals surface area contributed by atoms with E-state index < -0.39 is 7.37 Å². The van der Waals surface area contributed by atoms with Crippen LogP contribution < -0.4 is 0 Å². The second-order valence-electron chi connectivity index (χ2n) is 1.17. The summed E-state index contributed by atoms with van der Waals surface area (Å²) in [6, 6.07) is 0. The molecule has 0 bridgehead atoms. The first kappa shape index (κ1) is 10.7. The number of rotatable bonds is 1. The molecular weight excluding hydrogens is 158 g/mol. The van der Waals surface area contributed by atoms with Crippen LogP contribution in [0.2, 0.25) is 0 Å². The molecule has 1 atom stereocenters. The van der Waals surface area contributed by atoms with E-state index in [1.807, 2.05) is 0 Å². The van der Waals surface area contributed by atoms with E-state index in [4.69, 9.17) is 16.5 Å². The summed E-state index contributed by atoms with van der Waals surface area (Å²) in [5.74, 6) is 0. The third kappa shape index (κ3) is 10.8. The minimum absolute atomic E-state index is 0. The van der Waals surface area contributed by atoms with Crippen LogP contribution in [0.1, 0.15) is 0 Å². The van der Waals surface area contributed by atoms with Crippen LogP contribution in [0.3, 0.4) is 0 Å². The lowest BCUT2D eigenvalue weighted by Crippen LogP contribution is -1.72. The number of halogens is 2. The Kier molecular flexibility index (Phi) is 5.70. The smallest absolute Gasteiger partial charge is 0.211 e. The highest BCUT2D eigenvalue weighted by Crippen LogP contribution is 2.35. The largest absolute Gasteiger partial charge is 0.344 e. The van der Waals surface area contributed by atoms with Crippen molar-refractivity contribution in [3.8, 4) is 0 Å². The van der Waals surface area contributed by atoms with Crippen molar-refractivity contribution in [2.45, 2.75) is 0 Å². The van der Waals surface area contributed by atoms with Crippen molar-refractivity contribution in [2.75, 3.05) is 12.3 Å². The van der Waals surface area contributed by atoms with E-state index in [1.54, 1.807) is 0 Å². The fraction of sp³-hybridized carbons (Fsp3) is 1.00. The summed E-state index contributed by atoms with van der Waals surface area (Å²) >= 11 is 4.96. The molecule has 0 spiro atoms. The van der Waals surface area contributed by atoms with Crippen molar-refractivity contribution in [1.82, 2.24) is 0 Å². The molecule has 0 aliphatic rings. The molecule has 0 saturated heterocycles. The average Bonchev–Trinajstić information content (AvgIpc) is 1.35. The molecule has 0 aliphatic carbocycles. The normalized spacial score (nSPS) is 17.0. The first-order chi connectivity index (χ1) is 2.56. The van der Waals surface area contributed by atoms with Crippen molar-refractivity contribution < 1.29 is 9.46 Å². The average molecular weight is 165 g/mol. The van der Waals surface area contributed by atoms with Crippen LogP contribution in [0.15, 0.2) is 0 Å². The fourth-order valence-electron chi connectivity index (χ4n) is 0. The van der Waals surface area contributed by atoms with Crippen LogP contribution in [0.4, 0.5) is 0 Å². The highest BCUT2D eigenvalue weighted by molar-refractivity contribution is 7.58. The maximum absolute atomic E-state index is 10.0. The van der Waals surface area contributed by atoms with Crippen molar-refractivity contribution in [3.63, 3.8) is 0 Å². The molecule has 5 heteroatoms. The molecule has 0 amide bonds. The molecule has 2 nitrogen and oxygen atoms in total. The van der Waals surface area contributed by atoms with Gasteiger partial charge in [0.1, 0.15) is 0 Å². The summed E-state index contributed by atoms with van der Waals surface area (Å²) in [4.78, 5) is 8.25. The highest BCUT2D eigenvalue weighted by Gasteiger charge is 2.03. The van der Waals surface area contributed by atoms with E-state index in [2.05, 4.69) is 0 Å². The lowest BCUT2D eigenvalue weighted by atomic mass is 11.9. The molecule has 0 aromatic carbocycles. The Morgan fingerprint density at radius 2 is 2.00 bits per heavy atom. The summed E-state index contributed by atoms with van der Waals surface area (Å²) in [7, 11) is -2.88. The molecule has 0 saturated carbocycles.